The predicted octanol–water partition coefficient (Wildman–Crippen LogP) is 4.05. The highest BCUT2D eigenvalue weighted by Crippen LogP contribution is 2.31. The minimum atomic E-state index is -0.816. The Labute approximate surface area is 207 Å². The van der Waals surface area contributed by atoms with E-state index in [4.69, 9.17) is 16.3 Å². The van der Waals surface area contributed by atoms with Gasteiger partial charge in [0.25, 0.3) is 11.5 Å². The molecule has 2 aromatic heterocycles. The van der Waals surface area contributed by atoms with Gasteiger partial charge in [-0.05, 0) is 36.8 Å². The molecule has 0 atom stereocenters. The van der Waals surface area contributed by atoms with Crippen LogP contribution in [0, 0.1) is 18.6 Å². The number of carbonyl (C=O) groups excluding carboxylic acids is 1. The molecule has 0 bridgehead atoms. The Morgan fingerprint density at radius 3 is 2.58 bits per heavy atom. The molecule has 9 nitrogen and oxygen atoms in total. The van der Waals surface area contributed by atoms with Gasteiger partial charge in [-0.1, -0.05) is 17.7 Å². The van der Waals surface area contributed by atoms with Gasteiger partial charge in [0.15, 0.2) is 10.9 Å². The van der Waals surface area contributed by atoms with Gasteiger partial charge in [0.1, 0.15) is 30.3 Å². The van der Waals surface area contributed by atoms with Crippen LogP contribution < -0.4 is 15.6 Å². The fraction of sp³-hybridized carbons (Fsp3) is 0.125. The smallest absolute Gasteiger partial charge is 0.280 e. The molecule has 36 heavy (non-hydrogen) atoms. The summed E-state index contributed by atoms with van der Waals surface area (Å²) in [6.07, 6.45) is 1.15. The van der Waals surface area contributed by atoms with Crippen LogP contribution in [-0.2, 0) is 13.7 Å². The molecule has 4 rings (SSSR count). The van der Waals surface area contributed by atoms with E-state index in [-0.39, 0.29) is 46.1 Å². The number of nitrogens with one attached hydrogen (secondary N) is 1. The van der Waals surface area contributed by atoms with E-state index < -0.39 is 23.1 Å². The standard InChI is InChI=1S/C24H19ClF2N4O5/c1-12-3-4-13(21(33)29-17-9-19(32)30(2)23(17)34)7-18(12)31-11-28-22(20(25)24(31)35)36-10-14-5-6-15(26)8-16(14)27/h3-9,11,32,34H,10H2,1-2H3,(H,29,33). The number of aryl methyl sites for hydroxylation is 1. The van der Waals surface area contributed by atoms with Crippen LogP contribution in [0.2, 0.25) is 5.02 Å². The topological polar surface area (TPSA) is 119 Å². The number of halogens is 3. The van der Waals surface area contributed by atoms with E-state index in [1.807, 2.05) is 0 Å². The molecular formula is C24H19ClF2N4O5. The van der Waals surface area contributed by atoms with E-state index >= 15 is 0 Å². The Bertz CT molecular complexity index is 1550. The van der Waals surface area contributed by atoms with Gasteiger partial charge >= 0.3 is 0 Å². The van der Waals surface area contributed by atoms with Crippen LogP contribution in [0.25, 0.3) is 5.69 Å². The SMILES string of the molecule is Cc1ccc(C(=O)Nc2cc(O)n(C)c2O)cc1-n1cnc(OCc2ccc(F)cc2F)c(Cl)c1=O. The quantitative estimate of drug-likeness (QED) is 0.356. The summed E-state index contributed by atoms with van der Waals surface area (Å²) in [5, 5.41) is 21.8. The molecule has 186 valence electrons. The summed E-state index contributed by atoms with van der Waals surface area (Å²) in [5.74, 6) is -2.98. The predicted molar refractivity (Wildman–Crippen MR) is 127 cm³/mol. The Morgan fingerprint density at radius 1 is 1.17 bits per heavy atom. The monoisotopic (exact) mass is 516 g/mol. The number of aromatic hydroxyl groups is 2. The number of hydrogen-bond acceptors (Lipinski definition) is 6. The number of amides is 1. The normalized spacial score (nSPS) is 10.9. The lowest BCUT2D eigenvalue weighted by Gasteiger charge is -2.13. The number of nitrogens with zero attached hydrogens (tertiary/aromatic N) is 3. The molecule has 0 aliphatic heterocycles. The van der Waals surface area contributed by atoms with Crippen LogP contribution in [0.3, 0.4) is 0 Å². The minimum absolute atomic E-state index is 0.00287. The zero-order valence-corrected chi connectivity index (χ0v) is 19.7. The molecular weight excluding hydrogens is 498 g/mol. The van der Waals surface area contributed by atoms with Crippen LogP contribution in [0.1, 0.15) is 21.5 Å². The molecule has 0 saturated carbocycles. The van der Waals surface area contributed by atoms with Gasteiger partial charge in [0, 0.05) is 30.3 Å². The molecule has 3 N–H and O–H groups in total. The Balaban J connectivity index is 1.60. The maximum atomic E-state index is 13.8. The van der Waals surface area contributed by atoms with Crippen molar-refractivity contribution in [2.75, 3.05) is 5.32 Å². The van der Waals surface area contributed by atoms with E-state index in [9.17, 15) is 28.6 Å². The molecule has 2 heterocycles. The van der Waals surface area contributed by atoms with E-state index in [1.165, 1.54) is 31.3 Å². The van der Waals surface area contributed by atoms with Crippen molar-refractivity contribution in [2.24, 2.45) is 7.05 Å². The third-order valence-corrected chi connectivity index (χ3v) is 5.74. The summed E-state index contributed by atoms with van der Waals surface area (Å²) in [4.78, 5) is 29.7. The first-order valence-electron chi connectivity index (χ1n) is 10.4. The third kappa shape index (κ3) is 4.73. The van der Waals surface area contributed by atoms with Crippen LogP contribution >= 0.6 is 11.6 Å². The first-order chi connectivity index (χ1) is 17.1. The Morgan fingerprint density at radius 2 is 1.92 bits per heavy atom. The molecule has 4 aromatic rings. The molecule has 0 spiro atoms. The summed E-state index contributed by atoms with van der Waals surface area (Å²) in [5.41, 5.74) is 0.418. The van der Waals surface area contributed by atoms with Crippen molar-refractivity contribution in [1.29, 1.82) is 0 Å². The van der Waals surface area contributed by atoms with Gasteiger partial charge in [0.2, 0.25) is 11.8 Å². The molecule has 0 unspecified atom stereocenters. The number of benzene rings is 2. The van der Waals surface area contributed by atoms with E-state index in [0.29, 0.717) is 17.3 Å². The molecule has 0 fully saturated rings. The van der Waals surface area contributed by atoms with E-state index in [1.54, 1.807) is 13.0 Å². The summed E-state index contributed by atoms with van der Waals surface area (Å²) in [6.45, 7) is 1.37. The summed E-state index contributed by atoms with van der Waals surface area (Å²) in [7, 11) is 1.41. The average Bonchev–Trinajstić information content (AvgIpc) is 3.08. The number of aromatic nitrogens is 3. The lowest BCUT2D eigenvalue weighted by Crippen LogP contribution is -2.22. The van der Waals surface area contributed by atoms with Crippen LogP contribution in [0.5, 0.6) is 17.6 Å². The molecule has 12 heteroatoms. The third-order valence-electron chi connectivity index (χ3n) is 5.42. The first kappa shape index (κ1) is 24.7. The van der Waals surface area contributed by atoms with E-state index in [2.05, 4.69) is 10.3 Å². The van der Waals surface area contributed by atoms with Gasteiger partial charge in [-0.25, -0.2) is 13.8 Å². The zero-order chi connectivity index (χ0) is 26.1. The summed E-state index contributed by atoms with van der Waals surface area (Å²) in [6, 6.07) is 8.72. The van der Waals surface area contributed by atoms with E-state index in [0.717, 1.165) is 21.5 Å². The number of ether oxygens (including phenoxy) is 1. The van der Waals surface area contributed by atoms with Crippen molar-refractivity contribution < 1.29 is 28.5 Å². The van der Waals surface area contributed by atoms with Gasteiger partial charge < -0.3 is 20.3 Å². The molecule has 2 aromatic carbocycles. The average molecular weight is 517 g/mol. The summed E-state index contributed by atoms with van der Waals surface area (Å²) >= 11 is 6.17. The molecule has 0 aliphatic rings. The highest BCUT2D eigenvalue weighted by molar-refractivity contribution is 6.31. The van der Waals surface area contributed by atoms with Crippen molar-refractivity contribution in [3.05, 3.63) is 92.5 Å². The Kier molecular flexibility index (Phi) is 6.67. The largest absolute Gasteiger partial charge is 0.494 e. The lowest BCUT2D eigenvalue weighted by molar-refractivity contribution is 0.102. The van der Waals surface area contributed by atoms with Gasteiger partial charge in [-0.2, -0.15) is 0 Å². The van der Waals surface area contributed by atoms with Gasteiger partial charge in [0.05, 0.1) is 5.69 Å². The highest BCUT2D eigenvalue weighted by atomic mass is 35.5. The maximum absolute atomic E-state index is 13.8. The molecule has 0 saturated heterocycles. The van der Waals surface area contributed by atoms with Crippen molar-refractivity contribution in [3.63, 3.8) is 0 Å². The second kappa shape index (κ2) is 9.70. The van der Waals surface area contributed by atoms with Crippen molar-refractivity contribution >= 4 is 23.2 Å². The zero-order valence-electron chi connectivity index (χ0n) is 18.9. The first-order valence-corrected chi connectivity index (χ1v) is 10.8. The number of rotatable bonds is 6. The second-order valence-electron chi connectivity index (χ2n) is 7.82. The summed E-state index contributed by atoms with van der Waals surface area (Å²) < 4.78 is 34.5. The van der Waals surface area contributed by atoms with Crippen LogP contribution in [0.15, 0.2) is 53.6 Å². The van der Waals surface area contributed by atoms with Crippen LogP contribution in [0.4, 0.5) is 14.5 Å². The number of carbonyl (C=O) groups is 1. The molecule has 0 aliphatic carbocycles. The molecule has 1 amide bonds. The van der Waals surface area contributed by atoms with Crippen molar-refractivity contribution in [3.8, 4) is 23.3 Å². The van der Waals surface area contributed by atoms with Crippen LogP contribution in [-0.4, -0.2) is 30.2 Å². The fourth-order valence-electron chi connectivity index (χ4n) is 3.35. The van der Waals surface area contributed by atoms with Gasteiger partial charge in [-0.3, -0.25) is 18.7 Å². The lowest BCUT2D eigenvalue weighted by atomic mass is 10.1. The van der Waals surface area contributed by atoms with Crippen molar-refractivity contribution in [2.45, 2.75) is 13.5 Å². The second-order valence-corrected chi connectivity index (χ2v) is 8.20. The Hall–Kier alpha value is -4.38. The molecule has 0 radical (unpaired) electrons. The minimum Gasteiger partial charge on any atom is -0.494 e. The van der Waals surface area contributed by atoms with Crippen molar-refractivity contribution in [1.82, 2.24) is 14.1 Å². The maximum Gasteiger partial charge on any atom is 0.280 e. The number of hydrogen-bond donors (Lipinski definition) is 3. The fourth-order valence-corrected chi connectivity index (χ4v) is 3.54. The van der Waals surface area contributed by atoms with Gasteiger partial charge in [-0.15, -0.1) is 0 Å². The highest BCUT2D eigenvalue weighted by Gasteiger charge is 2.18. The number of anilines is 1.